The van der Waals surface area contributed by atoms with Gasteiger partial charge >= 0.3 is 5.97 Å². The van der Waals surface area contributed by atoms with Crippen LogP contribution in [-0.4, -0.2) is 33.7 Å². The molecule has 0 aliphatic heterocycles. The lowest BCUT2D eigenvalue weighted by atomic mass is 10.1. The molecule has 150 valence electrons. The van der Waals surface area contributed by atoms with Crippen molar-refractivity contribution in [1.82, 2.24) is 0 Å². The third kappa shape index (κ3) is 4.49. The molecule has 0 spiro atoms. The summed E-state index contributed by atoms with van der Waals surface area (Å²) in [5.74, 6) is -0.225. The van der Waals surface area contributed by atoms with E-state index < -0.39 is 16.0 Å². The van der Waals surface area contributed by atoms with Crippen LogP contribution in [0.2, 0.25) is 0 Å². The van der Waals surface area contributed by atoms with Gasteiger partial charge in [-0.1, -0.05) is 24.3 Å². The number of rotatable bonds is 7. The SMILES string of the molecule is COc1ccc(-c2ccc(S(=O)(=O)Nc3ccc(OC)cc3C(=O)O)cc2)cc1. The summed E-state index contributed by atoms with van der Waals surface area (Å²) in [6.07, 6.45) is 0. The Morgan fingerprint density at radius 3 is 1.86 bits per heavy atom. The van der Waals surface area contributed by atoms with Crippen LogP contribution in [-0.2, 0) is 10.0 Å². The average Bonchev–Trinajstić information content (AvgIpc) is 2.74. The minimum Gasteiger partial charge on any atom is -0.497 e. The van der Waals surface area contributed by atoms with E-state index >= 15 is 0 Å². The predicted molar refractivity (Wildman–Crippen MR) is 109 cm³/mol. The highest BCUT2D eigenvalue weighted by Crippen LogP contribution is 2.27. The molecule has 0 bridgehead atoms. The van der Waals surface area contributed by atoms with Gasteiger partial charge in [0.25, 0.3) is 10.0 Å². The first-order valence-electron chi connectivity index (χ1n) is 8.52. The maximum atomic E-state index is 12.7. The Balaban J connectivity index is 1.87. The van der Waals surface area contributed by atoms with Gasteiger partial charge in [0.05, 0.1) is 30.4 Å². The lowest BCUT2D eigenvalue weighted by Gasteiger charge is -2.12. The third-order valence-electron chi connectivity index (χ3n) is 4.29. The summed E-state index contributed by atoms with van der Waals surface area (Å²) in [5, 5.41) is 9.35. The monoisotopic (exact) mass is 413 g/mol. The van der Waals surface area contributed by atoms with E-state index in [0.29, 0.717) is 5.75 Å². The molecule has 0 saturated heterocycles. The quantitative estimate of drug-likeness (QED) is 0.610. The number of carbonyl (C=O) groups is 1. The Labute approximate surface area is 168 Å². The van der Waals surface area contributed by atoms with Gasteiger partial charge in [-0.2, -0.15) is 0 Å². The van der Waals surface area contributed by atoms with Crippen LogP contribution in [0.4, 0.5) is 5.69 Å². The van der Waals surface area contributed by atoms with Gasteiger partial charge in [-0.05, 0) is 53.6 Å². The van der Waals surface area contributed by atoms with E-state index in [9.17, 15) is 18.3 Å². The molecule has 3 aromatic carbocycles. The molecule has 2 N–H and O–H groups in total. The predicted octanol–water partition coefficient (Wildman–Crippen LogP) is 3.87. The average molecular weight is 413 g/mol. The van der Waals surface area contributed by atoms with Gasteiger partial charge in [-0.25, -0.2) is 13.2 Å². The number of carboxylic acid groups (broad SMARTS) is 1. The fourth-order valence-corrected chi connectivity index (χ4v) is 3.81. The number of anilines is 1. The van der Waals surface area contributed by atoms with Gasteiger partial charge in [0.2, 0.25) is 0 Å². The van der Waals surface area contributed by atoms with Crippen LogP contribution in [0.25, 0.3) is 11.1 Å². The molecule has 0 heterocycles. The minimum atomic E-state index is -3.97. The molecule has 0 fully saturated rings. The van der Waals surface area contributed by atoms with Crippen molar-refractivity contribution < 1.29 is 27.8 Å². The van der Waals surface area contributed by atoms with Gasteiger partial charge < -0.3 is 14.6 Å². The zero-order valence-corrected chi connectivity index (χ0v) is 16.6. The van der Waals surface area contributed by atoms with Crippen molar-refractivity contribution in [3.8, 4) is 22.6 Å². The molecule has 0 atom stereocenters. The first kappa shape index (κ1) is 20.2. The smallest absolute Gasteiger partial charge is 0.337 e. The van der Waals surface area contributed by atoms with Gasteiger partial charge in [-0.3, -0.25) is 4.72 Å². The first-order valence-corrected chi connectivity index (χ1v) is 10.0. The zero-order chi connectivity index (χ0) is 21.0. The zero-order valence-electron chi connectivity index (χ0n) is 15.7. The Hall–Kier alpha value is -3.52. The second kappa shape index (κ2) is 8.24. The second-order valence-corrected chi connectivity index (χ2v) is 7.76. The molecule has 7 nitrogen and oxygen atoms in total. The van der Waals surface area contributed by atoms with Crippen molar-refractivity contribution in [2.45, 2.75) is 4.90 Å². The van der Waals surface area contributed by atoms with Crippen LogP contribution in [0, 0.1) is 0 Å². The molecule has 29 heavy (non-hydrogen) atoms. The summed E-state index contributed by atoms with van der Waals surface area (Å²) >= 11 is 0. The van der Waals surface area contributed by atoms with Crippen molar-refractivity contribution in [3.63, 3.8) is 0 Å². The van der Waals surface area contributed by atoms with Crippen LogP contribution < -0.4 is 14.2 Å². The molecular formula is C21H19NO6S. The van der Waals surface area contributed by atoms with Crippen LogP contribution in [0.1, 0.15) is 10.4 Å². The molecule has 0 amide bonds. The third-order valence-corrected chi connectivity index (χ3v) is 5.67. The van der Waals surface area contributed by atoms with Crippen LogP contribution in [0.3, 0.4) is 0 Å². The van der Waals surface area contributed by atoms with E-state index in [-0.39, 0.29) is 16.1 Å². The maximum absolute atomic E-state index is 12.7. The van der Waals surface area contributed by atoms with E-state index in [4.69, 9.17) is 9.47 Å². The number of hydrogen-bond donors (Lipinski definition) is 2. The minimum absolute atomic E-state index is 0.0157. The van der Waals surface area contributed by atoms with Gasteiger partial charge in [0, 0.05) is 0 Å². The lowest BCUT2D eigenvalue weighted by Crippen LogP contribution is -2.15. The Morgan fingerprint density at radius 1 is 0.828 bits per heavy atom. The van der Waals surface area contributed by atoms with Gasteiger partial charge in [-0.15, -0.1) is 0 Å². The van der Waals surface area contributed by atoms with Crippen molar-refractivity contribution in [1.29, 1.82) is 0 Å². The Kier molecular flexibility index (Phi) is 5.74. The topological polar surface area (TPSA) is 102 Å². The Bertz CT molecular complexity index is 1120. The summed E-state index contributed by atoms with van der Waals surface area (Å²) in [4.78, 5) is 11.5. The largest absolute Gasteiger partial charge is 0.497 e. The fraction of sp³-hybridized carbons (Fsp3) is 0.0952. The summed E-state index contributed by atoms with van der Waals surface area (Å²) in [5.41, 5.74) is 1.49. The molecule has 0 aliphatic rings. The first-order chi connectivity index (χ1) is 13.8. The number of benzene rings is 3. The van der Waals surface area contributed by atoms with Gasteiger partial charge in [0.15, 0.2) is 0 Å². The standard InChI is InChI=1S/C21H19NO6S/c1-27-16-7-3-14(4-8-16)15-5-10-18(11-6-15)29(25,26)22-20-12-9-17(28-2)13-19(20)21(23)24/h3-13,22H,1-2H3,(H,23,24). The molecule has 0 aliphatic carbocycles. The number of methoxy groups -OCH3 is 2. The molecule has 0 unspecified atom stereocenters. The van der Waals surface area contributed by atoms with Crippen molar-refractivity contribution >= 4 is 21.7 Å². The summed E-state index contributed by atoms with van der Waals surface area (Å²) in [6, 6.07) is 17.8. The highest BCUT2D eigenvalue weighted by molar-refractivity contribution is 7.92. The number of ether oxygens (including phenoxy) is 2. The normalized spacial score (nSPS) is 11.0. The molecule has 0 aromatic heterocycles. The second-order valence-electron chi connectivity index (χ2n) is 6.08. The van der Waals surface area contributed by atoms with E-state index in [2.05, 4.69) is 4.72 Å². The van der Waals surface area contributed by atoms with Gasteiger partial charge in [0.1, 0.15) is 11.5 Å². The van der Waals surface area contributed by atoms with E-state index in [1.807, 2.05) is 24.3 Å². The number of nitrogens with one attached hydrogen (secondary N) is 1. The molecular weight excluding hydrogens is 394 g/mol. The fourth-order valence-electron chi connectivity index (χ4n) is 2.73. The van der Waals surface area contributed by atoms with E-state index in [1.165, 1.54) is 37.4 Å². The number of carboxylic acids is 1. The summed E-state index contributed by atoms with van der Waals surface area (Å²) < 4.78 is 37.9. The number of hydrogen-bond acceptors (Lipinski definition) is 5. The molecule has 0 radical (unpaired) electrons. The molecule has 3 aromatic rings. The Morgan fingerprint density at radius 2 is 1.34 bits per heavy atom. The maximum Gasteiger partial charge on any atom is 0.337 e. The molecule has 3 rings (SSSR count). The van der Waals surface area contributed by atoms with Crippen molar-refractivity contribution in [2.75, 3.05) is 18.9 Å². The number of aromatic carboxylic acids is 1. The van der Waals surface area contributed by atoms with Crippen molar-refractivity contribution in [2.24, 2.45) is 0 Å². The highest BCUT2D eigenvalue weighted by Gasteiger charge is 2.19. The van der Waals surface area contributed by atoms with Crippen LogP contribution in [0.5, 0.6) is 11.5 Å². The van der Waals surface area contributed by atoms with Crippen molar-refractivity contribution in [3.05, 3.63) is 72.3 Å². The number of sulfonamides is 1. The van der Waals surface area contributed by atoms with E-state index in [1.54, 1.807) is 19.2 Å². The summed E-state index contributed by atoms with van der Waals surface area (Å²) in [6.45, 7) is 0. The van der Waals surface area contributed by atoms with Crippen LogP contribution in [0.15, 0.2) is 71.6 Å². The summed E-state index contributed by atoms with van der Waals surface area (Å²) in [7, 11) is -0.991. The molecule has 8 heteroatoms. The molecule has 0 saturated carbocycles. The van der Waals surface area contributed by atoms with E-state index in [0.717, 1.165) is 16.9 Å². The lowest BCUT2D eigenvalue weighted by molar-refractivity contribution is 0.0697. The highest BCUT2D eigenvalue weighted by atomic mass is 32.2. The van der Waals surface area contributed by atoms with Crippen LogP contribution >= 0.6 is 0 Å².